The molecule has 1 aliphatic rings. The molecule has 3 N–H and O–H groups in total. The fraction of sp³-hybridized carbons (Fsp3) is 0.308. The molecule has 0 aliphatic carbocycles. The van der Waals surface area contributed by atoms with Crippen molar-refractivity contribution in [3.8, 4) is 11.1 Å². The zero-order valence-corrected chi connectivity index (χ0v) is 19.2. The second kappa shape index (κ2) is 8.39. The lowest BCUT2D eigenvalue weighted by Crippen LogP contribution is -2.18. The van der Waals surface area contributed by atoms with Gasteiger partial charge in [-0.3, -0.25) is 5.41 Å². The zero-order chi connectivity index (χ0) is 25.9. The highest BCUT2D eigenvalue weighted by Crippen LogP contribution is 2.42. The quantitative estimate of drug-likeness (QED) is 0.364. The average molecular weight is 491 g/mol. The van der Waals surface area contributed by atoms with Crippen molar-refractivity contribution >= 4 is 22.4 Å². The van der Waals surface area contributed by atoms with E-state index in [2.05, 4.69) is 4.99 Å². The number of amidine groups is 2. The molecule has 184 valence electrons. The van der Waals surface area contributed by atoms with Crippen molar-refractivity contribution in [1.29, 1.82) is 5.41 Å². The van der Waals surface area contributed by atoms with E-state index in [9.17, 15) is 22.0 Å². The minimum atomic E-state index is -4.78. The van der Waals surface area contributed by atoms with Gasteiger partial charge >= 0.3 is 6.18 Å². The van der Waals surface area contributed by atoms with Gasteiger partial charge in [0, 0.05) is 23.1 Å². The molecule has 0 aromatic heterocycles. The van der Waals surface area contributed by atoms with Gasteiger partial charge in [0.25, 0.3) is 0 Å². The van der Waals surface area contributed by atoms with E-state index in [1.807, 2.05) is 20.8 Å². The van der Waals surface area contributed by atoms with Crippen molar-refractivity contribution < 1.29 is 26.3 Å². The van der Waals surface area contributed by atoms with Crippen LogP contribution in [0.2, 0.25) is 0 Å². The van der Waals surface area contributed by atoms with Crippen LogP contribution in [-0.2, 0) is 18.0 Å². The van der Waals surface area contributed by atoms with Crippen LogP contribution in [0.15, 0.2) is 41.4 Å². The molecule has 0 amide bonds. The normalized spacial score (nSPS) is 14.1. The van der Waals surface area contributed by atoms with Crippen molar-refractivity contribution in [3.05, 3.63) is 70.0 Å². The van der Waals surface area contributed by atoms with Gasteiger partial charge < -0.3 is 5.73 Å². The molecule has 1 aliphatic heterocycles. The average Bonchev–Trinajstić information content (AvgIpc) is 3.03. The van der Waals surface area contributed by atoms with E-state index in [4.69, 9.17) is 11.1 Å². The number of hydrogen-bond acceptors (Lipinski definition) is 2. The van der Waals surface area contributed by atoms with E-state index in [1.165, 1.54) is 18.2 Å². The first-order chi connectivity index (χ1) is 16.2. The molecular formula is C26H23F6N3. The Kier molecular flexibility index (Phi) is 5.93. The van der Waals surface area contributed by atoms with Crippen molar-refractivity contribution in [3.63, 3.8) is 0 Å². The number of hydrogen-bond donors (Lipinski definition) is 2. The third kappa shape index (κ3) is 4.39. The highest BCUT2D eigenvalue weighted by molar-refractivity contribution is 6.27. The molecular weight excluding hydrogens is 468 g/mol. The van der Waals surface area contributed by atoms with Gasteiger partial charge in [-0.15, -0.1) is 0 Å². The molecule has 0 radical (unpaired) electrons. The standard InChI is InChI=1S/C26H23F6N3/c1-4-25(2,3)18-11-16-13(10-19(18)27)9-17-22(24(34)35-23(17)33)21(16)14-5-12(7-20(28)29)6-15(8-14)26(30,31)32/h5-6,8-11,20H,4,7H2,1-3H3,(H3,33,34,35). The number of nitrogens with zero attached hydrogens (tertiary/aromatic N) is 1. The van der Waals surface area contributed by atoms with Crippen LogP contribution in [-0.4, -0.2) is 18.1 Å². The molecule has 3 aromatic carbocycles. The minimum absolute atomic E-state index is 0.00274. The van der Waals surface area contributed by atoms with Crippen LogP contribution in [0.1, 0.15) is 55.0 Å². The summed E-state index contributed by atoms with van der Waals surface area (Å²) in [4.78, 5) is 3.96. The molecule has 0 saturated heterocycles. The Morgan fingerprint density at radius 2 is 1.69 bits per heavy atom. The first kappa shape index (κ1) is 24.8. The van der Waals surface area contributed by atoms with Crippen molar-refractivity contribution in [1.82, 2.24) is 0 Å². The van der Waals surface area contributed by atoms with Crippen molar-refractivity contribution in [2.24, 2.45) is 10.7 Å². The first-order valence-corrected chi connectivity index (χ1v) is 11.0. The Morgan fingerprint density at radius 1 is 1.00 bits per heavy atom. The lowest BCUT2D eigenvalue weighted by Gasteiger charge is -2.25. The van der Waals surface area contributed by atoms with Crippen LogP contribution in [0.4, 0.5) is 26.3 Å². The zero-order valence-electron chi connectivity index (χ0n) is 19.2. The summed E-state index contributed by atoms with van der Waals surface area (Å²) in [5.41, 5.74) is 5.24. The number of nitrogens with one attached hydrogen (secondary N) is 1. The third-order valence-electron chi connectivity index (χ3n) is 6.58. The van der Waals surface area contributed by atoms with Gasteiger partial charge in [0.1, 0.15) is 11.7 Å². The molecule has 3 nitrogen and oxygen atoms in total. The number of fused-ring (bicyclic) bond motifs is 2. The summed E-state index contributed by atoms with van der Waals surface area (Å²) in [5.74, 6) is -0.773. The maximum Gasteiger partial charge on any atom is 0.416 e. The first-order valence-electron chi connectivity index (χ1n) is 11.0. The van der Waals surface area contributed by atoms with Gasteiger partial charge in [0.15, 0.2) is 5.84 Å². The fourth-order valence-electron chi connectivity index (χ4n) is 4.42. The molecule has 0 unspecified atom stereocenters. The smallest absolute Gasteiger partial charge is 0.383 e. The summed E-state index contributed by atoms with van der Waals surface area (Å²) >= 11 is 0. The summed E-state index contributed by atoms with van der Waals surface area (Å²) < 4.78 is 82.6. The number of halogens is 6. The minimum Gasteiger partial charge on any atom is -0.383 e. The van der Waals surface area contributed by atoms with Crippen LogP contribution in [0.5, 0.6) is 0 Å². The van der Waals surface area contributed by atoms with E-state index >= 15 is 4.39 Å². The van der Waals surface area contributed by atoms with E-state index in [0.29, 0.717) is 28.8 Å². The molecule has 0 bridgehead atoms. The van der Waals surface area contributed by atoms with Crippen LogP contribution < -0.4 is 5.73 Å². The van der Waals surface area contributed by atoms with Gasteiger partial charge in [-0.05, 0) is 69.6 Å². The maximum atomic E-state index is 15.2. The van der Waals surface area contributed by atoms with Crippen LogP contribution >= 0.6 is 0 Å². The Bertz CT molecular complexity index is 1390. The largest absolute Gasteiger partial charge is 0.416 e. The van der Waals surface area contributed by atoms with Crippen molar-refractivity contribution in [2.75, 3.05) is 0 Å². The predicted molar refractivity (Wildman–Crippen MR) is 125 cm³/mol. The van der Waals surface area contributed by atoms with Gasteiger partial charge in [-0.1, -0.05) is 26.8 Å². The lowest BCUT2D eigenvalue weighted by molar-refractivity contribution is -0.137. The van der Waals surface area contributed by atoms with Crippen LogP contribution in [0.25, 0.3) is 21.9 Å². The summed E-state index contributed by atoms with van der Waals surface area (Å²) in [6.45, 7) is 5.59. The van der Waals surface area contributed by atoms with Gasteiger partial charge in [0.2, 0.25) is 6.43 Å². The van der Waals surface area contributed by atoms with E-state index in [1.54, 1.807) is 6.07 Å². The number of nitrogens with two attached hydrogens (primary N) is 1. The summed E-state index contributed by atoms with van der Waals surface area (Å²) in [6, 6.07) is 7.21. The molecule has 0 fully saturated rings. The second-order valence-corrected chi connectivity index (χ2v) is 9.32. The van der Waals surface area contributed by atoms with Gasteiger partial charge in [-0.2, -0.15) is 13.2 Å². The Labute approximate surface area is 198 Å². The van der Waals surface area contributed by atoms with Crippen LogP contribution in [0, 0.1) is 11.2 Å². The molecule has 35 heavy (non-hydrogen) atoms. The van der Waals surface area contributed by atoms with Gasteiger partial charge in [0.05, 0.1) is 5.56 Å². The molecule has 0 spiro atoms. The maximum absolute atomic E-state index is 15.2. The highest BCUT2D eigenvalue weighted by atomic mass is 19.4. The SMILES string of the molecule is CCC(C)(C)c1cc2c(-c3cc(CC(F)F)cc(C(F)(F)F)c3)c3c(cc2cc1F)C(=N)N=C3N. The number of aliphatic imine (C=N–C) groups is 1. The fourth-order valence-corrected chi connectivity index (χ4v) is 4.42. The lowest BCUT2D eigenvalue weighted by atomic mass is 9.79. The monoisotopic (exact) mass is 491 g/mol. The molecule has 9 heteroatoms. The highest BCUT2D eigenvalue weighted by Gasteiger charge is 2.33. The Balaban J connectivity index is 2.15. The second-order valence-electron chi connectivity index (χ2n) is 9.32. The molecule has 1 heterocycles. The Hall–Kier alpha value is -3.36. The summed E-state index contributed by atoms with van der Waals surface area (Å²) in [7, 11) is 0. The van der Waals surface area contributed by atoms with E-state index in [0.717, 1.165) is 6.07 Å². The van der Waals surface area contributed by atoms with Crippen molar-refractivity contribution in [2.45, 2.75) is 51.6 Å². The molecule has 4 rings (SSSR count). The van der Waals surface area contributed by atoms with E-state index < -0.39 is 35.8 Å². The number of benzene rings is 3. The summed E-state index contributed by atoms with van der Waals surface area (Å²) in [5, 5.41) is 8.90. The number of rotatable bonds is 5. The third-order valence-corrected chi connectivity index (χ3v) is 6.58. The molecule has 0 saturated carbocycles. The van der Waals surface area contributed by atoms with E-state index in [-0.39, 0.29) is 39.5 Å². The Morgan fingerprint density at radius 3 is 2.29 bits per heavy atom. The van der Waals surface area contributed by atoms with Gasteiger partial charge in [-0.25, -0.2) is 18.2 Å². The number of alkyl halides is 5. The molecule has 0 atom stereocenters. The summed E-state index contributed by atoms with van der Waals surface area (Å²) in [6.07, 6.45) is -7.91. The molecule has 3 aromatic rings. The predicted octanol–water partition coefficient (Wildman–Crippen LogP) is 7.20. The topological polar surface area (TPSA) is 62.2 Å². The van der Waals surface area contributed by atoms with Crippen LogP contribution in [0.3, 0.4) is 0 Å².